The molecule has 2 rings (SSSR count). The highest BCUT2D eigenvalue weighted by Gasteiger charge is 2.42. The number of esters is 1. The van der Waals surface area contributed by atoms with Crippen molar-refractivity contribution in [2.24, 2.45) is 5.92 Å². The minimum absolute atomic E-state index is 0.105. The van der Waals surface area contributed by atoms with Crippen molar-refractivity contribution in [2.45, 2.75) is 103 Å². The maximum Gasteiger partial charge on any atom is 0.529 e. The highest BCUT2D eigenvalue weighted by molar-refractivity contribution is 7.48. The van der Waals surface area contributed by atoms with Crippen LogP contribution in [0.2, 0.25) is 0 Å². The number of phosphoric acid groups is 1. The van der Waals surface area contributed by atoms with Crippen molar-refractivity contribution in [3.05, 3.63) is 11.3 Å². The quantitative estimate of drug-likeness (QED) is 0.170. The predicted molar refractivity (Wildman–Crippen MR) is 119 cm³/mol. The normalized spacial score (nSPS) is 24.5. The molecule has 31 heavy (non-hydrogen) atoms. The zero-order chi connectivity index (χ0) is 22.5. The average molecular weight is 461 g/mol. The van der Waals surface area contributed by atoms with Crippen molar-refractivity contribution < 1.29 is 32.8 Å². The van der Waals surface area contributed by atoms with Gasteiger partial charge in [0.05, 0.1) is 30.8 Å². The first-order chi connectivity index (χ1) is 14.9. The summed E-state index contributed by atoms with van der Waals surface area (Å²) in [5, 5.41) is 9.83. The molecule has 8 heteroatoms. The van der Waals surface area contributed by atoms with Crippen molar-refractivity contribution in [1.82, 2.24) is 0 Å². The van der Waals surface area contributed by atoms with Gasteiger partial charge < -0.3 is 14.4 Å². The van der Waals surface area contributed by atoms with E-state index < -0.39 is 13.8 Å². The zero-order valence-electron chi connectivity index (χ0n) is 19.3. The second-order valence-corrected chi connectivity index (χ2v) is 10.3. The Morgan fingerprint density at radius 2 is 1.61 bits per heavy atom. The molecule has 0 unspecified atom stereocenters. The van der Waals surface area contributed by atoms with Crippen molar-refractivity contribution >= 4 is 13.8 Å². The van der Waals surface area contributed by atoms with Gasteiger partial charge in [-0.2, -0.15) is 0 Å². The maximum absolute atomic E-state index is 12.7. The van der Waals surface area contributed by atoms with E-state index in [-0.39, 0.29) is 31.0 Å². The summed E-state index contributed by atoms with van der Waals surface area (Å²) in [6.45, 7) is 4.41. The van der Waals surface area contributed by atoms with Crippen LogP contribution in [0.25, 0.3) is 0 Å². The highest BCUT2D eigenvalue weighted by atomic mass is 31.2. The Kier molecular flexibility index (Phi) is 12.2. The van der Waals surface area contributed by atoms with Gasteiger partial charge in [0, 0.05) is 0 Å². The number of unbranched alkanes of at least 4 members (excludes halogenated alkanes) is 9. The lowest BCUT2D eigenvalue weighted by Gasteiger charge is -2.17. The summed E-state index contributed by atoms with van der Waals surface area (Å²) in [4.78, 5) is 11.7. The van der Waals surface area contributed by atoms with Gasteiger partial charge in [0.15, 0.2) is 0 Å². The fourth-order valence-electron chi connectivity index (χ4n) is 4.03. The molecule has 1 N–H and O–H groups in total. The summed E-state index contributed by atoms with van der Waals surface area (Å²) >= 11 is 0. The third-order valence-electron chi connectivity index (χ3n) is 5.93. The monoisotopic (exact) mass is 460 g/mol. The molecule has 0 aromatic carbocycles. The molecule has 180 valence electrons. The second-order valence-electron chi connectivity index (χ2n) is 8.70. The van der Waals surface area contributed by atoms with Crippen LogP contribution in [-0.2, 0) is 27.7 Å². The van der Waals surface area contributed by atoms with E-state index in [4.69, 9.17) is 18.3 Å². The van der Waals surface area contributed by atoms with Crippen LogP contribution in [0.5, 0.6) is 0 Å². The first-order valence-corrected chi connectivity index (χ1v) is 13.6. The molecular weight excluding hydrogens is 419 g/mol. The Hall–Kier alpha value is -0.880. The van der Waals surface area contributed by atoms with Crippen LogP contribution in [0.15, 0.2) is 11.3 Å². The Balaban J connectivity index is 1.45. The summed E-state index contributed by atoms with van der Waals surface area (Å²) in [5.74, 6) is -0.383. The van der Waals surface area contributed by atoms with E-state index in [1.165, 1.54) is 32.1 Å². The Morgan fingerprint density at radius 3 is 2.29 bits per heavy atom. The molecule has 0 aromatic rings. The van der Waals surface area contributed by atoms with Gasteiger partial charge in [0.1, 0.15) is 12.4 Å². The van der Waals surface area contributed by atoms with Crippen molar-refractivity contribution in [3.63, 3.8) is 0 Å². The molecule has 0 radical (unpaired) electrons. The number of phosphoric ester groups is 1. The van der Waals surface area contributed by atoms with Crippen LogP contribution in [-0.4, -0.2) is 37.0 Å². The summed E-state index contributed by atoms with van der Waals surface area (Å²) < 4.78 is 33.9. The van der Waals surface area contributed by atoms with Crippen LogP contribution in [0.3, 0.4) is 0 Å². The zero-order valence-corrected chi connectivity index (χ0v) is 20.2. The smallest absolute Gasteiger partial charge is 0.461 e. The summed E-state index contributed by atoms with van der Waals surface area (Å²) in [7, 11) is -3.67. The number of carbonyl (C=O) groups excluding carboxylic acids is 1. The fourth-order valence-corrected chi connectivity index (χ4v) is 5.36. The number of cyclic esters (lactones) is 1. The number of hydrogen-bond acceptors (Lipinski definition) is 7. The molecule has 0 spiro atoms. The average Bonchev–Trinajstić information content (AvgIpc) is 3.06. The second kappa shape index (κ2) is 14.3. The number of carbonyl (C=O) groups is 1. The van der Waals surface area contributed by atoms with Gasteiger partial charge in [-0.05, 0) is 26.2 Å². The maximum atomic E-state index is 12.7. The number of aliphatic hydroxyl groups is 1. The number of aliphatic hydroxyl groups excluding tert-OH is 1. The molecule has 7 nitrogen and oxygen atoms in total. The van der Waals surface area contributed by atoms with E-state index in [1.807, 2.05) is 0 Å². The Morgan fingerprint density at radius 1 is 1.00 bits per heavy atom. The van der Waals surface area contributed by atoms with Crippen LogP contribution in [0.4, 0.5) is 0 Å². The van der Waals surface area contributed by atoms with E-state index in [0.29, 0.717) is 12.2 Å². The minimum Gasteiger partial charge on any atom is -0.461 e. The standard InChI is InChI=1S/C23H41O7P/c1-3-4-14-21(24)15-12-10-8-6-5-7-9-11-13-16-28-31(26)29-18-20-17-27-23(25)22(20)19(2)30-31/h20-21,24H,3-18H2,1-2H3/t20-,21-,31+/m1/s1. The van der Waals surface area contributed by atoms with Gasteiger partial charge in [-0.15, -0.1) is 0 Å². The molecule has 0 amide bonds. The molecular formula is C23H41O7P. The van der Waals surface area contributed by atoms with Crippen LogP contribution in [0.1, 0.15) is 97.3 Å². The number of rotatable bonds is 16. The predicted octanol–water partition coefficient (Wildman–Crippen LogP) is 6.06. The first kappa shape index (κ1) is 26.4. The van der Waals surface area contributed by atoms with E-state index >= 15 is 0 Å². The number of hydrogen-bond donors (Lipinski definition) is 1. The van der Waals surface area contributed by atoms with Gasteiger partial charge in [-0.3, -0.25) is 9.05 Å². The molecule has 0 aromatic heterocycles. The number of ether oxygens (including phenoxy) is 1. The van der Waals surface area contributed by atoms with E-state index in [9.17, 15) is 14.5 Å². The molecule has 0 bridgehead atoms. The molecule has 0 aliphatic carbocycles. The van der Waals surface area contributed by atoms with Gasteiger partial charge >= 0.3 is 13.8 Å². The lowest BCUT2D eigenvalue weighted by molar-refractivity contribution is -0.135. The first-order valence-electron chi connectivity index (χ1n) is 12.1. The van der Waals surface area contributed by atoms with Gasteiger partial charge in [0.2, 0.25) is 0 Å². The molecule has 1 fully saturated rings. The molecule has 1 saturated heterocycles. The minimum atomic E-state index is -3.67. The number of fused-ring (bicyclic) bond motifs is 1. The third-order valence-corrected chi connectivity index (χ3v) is 7.39. The van der Waals surface area contributed by atoms with E-state index in [2.05, 4.69) is 6.92 Å². The molecule has 0 saturated carbocycles. The number of allylic oxidation sites excluding steroid dienone is 1. The van der Waals surface area contributed by atoms with Gasteiger partial charge in [-0.1, -0.05) is 71.1 Å². The Bertz CT molecular complexity index is 619. The lowest BCUT2D eigenvalue weighted by Crippen LogP contribution is -2.10. The van der Waals surface area contributed by atoms with E-state index in [0.717, 1.165) is 51.4 Å². The molecule has 2 aliphatic rings. The van der Waals surface area contributed by atoms with Crippen molar-refractivity contribution in [2.75, 3.05) is 19.8 Å². The fraction of sp³-hybridized carbons (Fsp3) is 0.870. The van der Waals surface area contributed by atoms with Crippen LogP contribution in [0, 0.1) is 5.92 Å². The highest BCUT2D eigenvalue weighted by Crippen LogP contribution is 2.54. The lowest BCUT2D eigenvalue weighted by atomic mass is 10.0. The topological polar surface area (TPSA) is 91.3 Å². The molecule has 2 aliphatic heterocycles. The van der Waals surface area contributed by atoms with Gasteiger partial charge in [-0.25, -0.2) is 9.36 Å². The molecule has 2 heterocycles. The van der Waals surface area contributed by atoms with Gasteiger partial charge in [0.25, 0.3) is 0 Å². The summed E-state index contributed by atoms with van der Waals surface area (Å²) in [5.41, 5.74) is 0.411. The van der Waals surface area contributed by atoms with Crippen LogP contribution < -0.4 is 0 Å². The largest absolute Gasteiger partial charge is 0.529 e. The molecule has 3 atom stereocenters. The summed E-state index contributed by atoms with van der Waals surface area (Å²) in [6.07, 6.45) is 14.2. The van der Waals surface area contributed by atoms with Crippen LogP contribution >= 0.6 is 7.82 Å². The van der Waals surface area contributed by atoms with Crippen molar-refractivity contribution in [1.29, 1.82) is 0 Å². The third kappa shape index (κ3) is 9.65. The SMILES string of the molecule is CCCC[C@@H](O)CCCCCCCCCCCO[P@@]1(=O)OC[C@H]2COC(=O)C2=C(C)O1. The Labute approximate surface area is 187 Å². The van der Waals surface area contributed by atoms with E-state index in [1.54, 1.807) is 6.92 Å². The van der Waals surface area contributed by atoms with Crippen molar-refractivity contribution in [3.8, 4) is 0 Å². The summed E-state index contributed by atoms with van der Waals surface area (Å²) in [6, 6.07) is 0.